The van der Waals surface area contributed by atoms with E-state index in [4.69, 9.17) is 19.9 Å². The van der Waals surface area contributed by atoms with Gasteiger partial charge in [0, 0.05) is 25.2 Å². The number of amides is 1. The molecule has 1 amide bonds. The van der Waals surface area contributed by atoms with Gasteiger partial charge < -0.3 is 19.9 Å². The average molecular weight is 548 g/mol. The van der Waals surface area contributed by atoms with Crippen LogP contribution in [0.2, 0.25) is 0 Å². The molecule has 206 valence electrons. The Balaban J connectivity index is 1.39. The lowest BCUT2D eigenvalue weighted by Crippen LogP contribution is -2.36. The molecule has 0 spiro atoms. The van der Waals surface area contributed by atoms with Crippen LogP contribution in [0.5, 0.6) is 11.5 Å². The molecule has 15 heteroatoms. The molecule has 1 saturated heterocycles. The fraction of sp³-hybridized carbons (Fsp3) is 0.240. The highest BCUT2D eigenvalue weighted by molar-refractivity contribution is 5.96. The summed E-state index contributed by atoms with van der Waals surface area (Å²) in [6.45, 7) is 2.80. The number of carbonyl (C=O) groups is 2. The molecule has 0 radical (unpaired) electrons. The maximum Gasteiger partial charge on any atom is 0.343 e. The summed E-state index contributed by atoms with van der Waals surface area (Å²) in [5.74, 6) is -0.830. The first kappa shape index (κ1) is 26.5. The lowest BCUT2D eigenvalue weighted by atomic mass is 10.2. The molecule has 0 bridgehead atoms. The van der Waals surface area contributed by atoms with Gasteiger partial charge >= 0.3 is 5.97 Å². The quantitative estimate of drug-likeness (QED) is 0.132. The maximum atomic E-state index is 13.4. The van der Waals surface area contributed by atoms with Crippen molar-refractivity contribution in [1.82, 2.24) is 35.6 Å². The number of morpholine rings is 1. The van der Waals surface area contributed by atoms with Crippen LogP contribution < -0.4 is 20.6 Å². The Labute approximate surface area is 227 Å². The van der Waals surface area contributed by atoms with Crippen molar-refractivity contribution in [3.63, 3.8) is 0 Å². The minimum atomic E-state index is -0.641. The van der Waals surface area contributed by atoms with E-state index in [1.54, 1.807) is 48.5 Å². The third-order valence-electron chi connectivity index (χ3n) is 5.93. The Morgan fingerprint density at radius 1 is 1.12 bits per heavy atom. The zero-order valence-electron chi connectivity index (χ0n) is 21.4. The number of anilines is 1. The van der Waals surface area contributed by atoms with Gasteiger partial charge in [-0.25, -0.2) is 14.8 Å². The average Bonchev–Trinajstić information content (AvgIpc) is 3.60. The zero-order chi connectivity index (χ0) is 27.9. The molecule has 2 aromatic carbocycles. The van der Waals surface area contributed by atoms with Gasteiger partial charge in [-0.2, -0.15) is 9.78 Å². The van der Waals surface area contributed by atoms with Crippen LogP contribution in [0.25, 0.3) is 5.82 Å². The van der Waals surface area contributed by atoms with Crippen molar-refractivity contribution in [2.75, 3.05) is 39.1 Å². The number of aromatic nitrogens is 5. The van der Waals surface area contributed by atoms with Crippen LogP contribution >= 0.6 is 0 Å². The van der Waals surface area contributed by atoms with Crippen molar-refractivity contribution in [1.29, 1.82) is 0 Å². The summed E-state index contributed by atoms with van der Waals surface area (Å²) in [7, 11) is 1.45. The number of hydrogen-bond donors (Lipinski definition) is 2. The number of nitrogens with two attached hydrogens (primary N) is 1. The zero-order valence-corrected chi connectivity index (χ0v) is 21.4. The van der Waals surface area contributed by atoms with Gasteiger partial charge in [0.2, 0.25) is 11.6 Å². The summed E-state index contributed by atoms with van der Waals surface area (Å²) in [5.41, 5.74) is 9.47. The summed E-state index contributed by atoms with van der Waals surface area (Å²) in [5, 5.41) is 19.6. The van der Waals surface area contributed by atoms with Crippen molar-refractivity contribution >= 4 is 23.9 Å². The highest BCUT2D eigenvalue weighted by atomic mass is 16.6. The number of hydrazone groups is 1. The molecule has 1 aliphatic rings. The van der Waals surface area contributed by atoms with E-state index in [1.807, 2.05) is 0 Å². The van der Waals surface area contributed by atoms with Gasteiger partial charge in [0.05, 0.1) is 32.1 Å². The highest BCUT2D eigenvalue weighted by Crippen LogP contribution is 2.31. The number of ether oxygens (including phenoxy) is 3. The molecule has 0 atom stereocenters. The second-order valence-corrected chi connectivity index (χ2v) is 8.49. The molecule has 3 heterocycles. The van der Waals surface area contributed by atoms with Gasteiger partial charge in [-0.15, -0.1) is 5.10 Å². The summed E-state index contributed by atoms with van der Waals surface area (Å²) < 4.78 is 22.2. The van der Waals surface area contributed by atoms with Crippen LogP contribution in [0, 0.1) is 0 Å². The molecule has 1 aliphatic heterocycles. The van der Waals surface area contributed by atoms with Gasteiger partial charge in [0.25, 0.3) is 5.91 Å². The monoisotopic (exact) mass is 547 g/mol. The predicted octanol–water partition coefficient (Wildman–Crippen LogP) is 1.06. The van der Waals surface area contributed by atoms with Crippen LogP contribution in [0.4, 0.5) is 5.82 Å². The molecule has 3 N–H and O–H groups in total. The topological polar surface area (TPSA) is 185 Å². The van der Waals surface area contributed by atoms with Gasteiger partial charge in [-0.1, -0.05) is 29.5 Å². The van der Waals surface area contributed by atoms with Crippen molar-refractivity contribution < 1.29 is 28.4 Å². The van der Waals surface area contributed by atoms with E-state index < -0.39 is 11.9 Å². The highest BCUT2D eigenvalue weighted by Gasteiger charge is 2.27. The molecule has 2 aromatic heterocycles. The molecule has 15 nitrogen and oxygen atoms in total. The van der Waals surface area contributed by atoms with E-state index in [9.17, 15) is 9.59 Å². The first-order valence-corrected chi connectivity index (χ1v) is 12.2. The lowest BCUT2D eigenvalue weighted by molar-refractivity contribution is 0.0335. The third kappa shape index (κ3) is 5.79. The number of esters is 1. The number of benzene rings is 2. The largest absolute Gasteiger partial charge is 0.493 e. The Kier molecular flexibility index (Phi) is 8.03. The molecule has 0 unspecified atom stereocenters. The summed E-state index contributed by atoms with van der Waals surface area (Å²) >= 11 is 0. The lowest BCUT2D eigenvalue weighted by Gasteiger charge is -2.25. The number of methoxy groups -OCH3 is 1. The van der Waals surface area contributed by atoms with Gasteiger partial charge in [0.15, 0.2) is 17.2 Å². The molecule has 4 aromatic rings. The molecule has 1 fully saturated rings. The van der Waals surface area contributed by atoms with E-state index in [0.717, 1.165) is 4.68 Å². The number of carbonyl (C=O) groups excluding carboxylic acids is 2. The Bertz CT molecular complexity index is 1510. The number of nitrogen functional groups attached to an aromatic ring is 1. The second kappa shape index (κ2) is 12.1. The maximum absolute atomic E-state index is 13.4. The Morgan fingerprint density at radius 3 is 2.65 bits per heavy atom. The van der Waals surface area contributed by atoms with Crippen molar-refractivity contribution in [3.8, 4) is 17.3 Å². The first-order valence-electron chi connectivity index (χ1n) is 12.2. The molecule has 0 aliphatic carbocycles. The third-order valence-corrected chi connectivity index (χ3v) is 5.93. The molecular formula is C25H25N9O6. The molecule has 40 heavy (non-hydrogen) atoms. The SMILES string of the molecule is COc1cccc(C=NNC(=O)c2c(CN3CCOCC3)nnn2-c2nonc2N)c1OC(=O)c1ccccc1. The van der Waals surface area contributed by atoms with Gasteiger partial charge in [-0.3, -0.25) is 9.69 Å². The predicted molar refractivity (Wildman–Crippen MR) is 139 cm³/mol. The van der Waals surface area contributed by atoms with Crippen LogP contribution in [-0.4, -0.2) is 81.7 Å². The van der Waals surface area contributed by atoms with Crippen molar-refractivity contribution in [3.05, 3.63) is 71.0 Å². The number of nitrogens with one attached hydrogen (secondary N) is 1. The van der Waals surface area contributed by atoms with Crippen LogP contribution in [0.1, 0.15) is 32.1 Å². The number of para-hydroxylation sites is 1. The number of nitrogens with zero attached hydrogens (tertiary/aromatic N) is 7. The number of hydrogen-bond acceptors (Lipinski definition) is 13. The molecule has 0 saturated carbocycles. The van der Waals surface area contributed by atoms with E-state index in [1.165, 1.54) is 13.3 Å². The molecule has 5 rings (SSSR count). The molecular weight excluding hydrogens is 522 g/mol. The van der Waals surface area contributed by atoms with E-state index >= 15 is 0 Å². The summed E-state index contributed by atoms with van der Waals surface area (Å²) in [6.07, 6.45) is 1.33. The van der Waals surface area contributed by atoms with Crippen LogP contribution in [-0.2, 0) is 11.3 Å². The van der Waals surface area contributed by atoms with Crippen LogP contribution in [0.15, 0.2) is 58.3 Å². The summed E-state index contributed by atoms with van der Waals surface area (Å²) in [4.78, 5) is 28.1. The van der Waals surface area contributed by atoms with Crippen LogP contribution in [0.3, 0.4) is 0 Å². The normalized spacial score (nSPS) is 13.8. The van der Waals surface area contributed by atoms with E-state index in [0.29, 0.717) is 55.4 Å². The minimum absolute atomic E-state index is 0.0118. The van der Waals surface area contributed by atoms with Crippen molar-refractivity contribution in [2.24, 2.45) is 5.10 Å². The van der Waals surface area contributed by atoms with E-state index in [-0.39, 0.29) is 23.1 Å². The first-order chi connectivity index (χ1) is 19.5. The van der Waals surface area contributed by atoms with E-state index in [2.05, 4.69) is 40.7 Å². The fourth-order valence-corrected chi connectivity index (χ4v) is 3.95. The smallest absolute Gasteiger partial charge is 0.343 e. The van der Waals surface area contributed by atoms with Gasteiger partial charge in [-0.05, 0) is 34.6 Å². The minimum Gasteiger partial charge on any atom is -0.493 e. The fourth-order valence-electron chi connectivity index (χ4n) is 3.95. The summed E-state index contributed by atoms with van der Waals surface area (Å²) in [6, 6.07) is 13.5. The van der Waals surface area contributed by atoms with Crippen molar-refractivity contribution in [2.45, 2.75) is 6.54 Å². The Hall–Kier alpha value is -5.15. The Morgan fingerprint density at radius 2 is 1.93 bits per heavy atom. The number of rotatable bonds is 9. The van der Waals surface area contributed by atoms with Gasteiger partial charge in [0.1, 0.15) is 5.69 Å². The second-order valence-electron chi connectivity index (χ2n) is 8.49. The standard InChI is InChI=1S/C25H25N9O6/c1-37-19-9-5-8-17(21(19)39-25(36)16-6-3-2-4-7-16)14-27-29-24(35)20-18(15-33-10-12-38-13-11-33)28-32-34(20)23-22(26)30-40-31-23/h2-9,14H,10-13,15H2,1H3,(H2,26,30)(H,29,35).